The van der Waals surface area contributed by atoms with Crippen molar-refractivity contribution in [1.82, 2.24) is 0 Å². The molecule has 0 aliphatic heterocycles. The fourth-order valence-corrected chi connectivity index (χ4v) is 0.986. The number of carbonyl (C=O) groups is 1. The zero-order valence-corrected chi connectivity index (χ0v) is 10.3. The van der Waals surface area contributed by atoms with Crippen molar-refractivity contribution in [3.05, 3.63) is 35.9 Å². The number of ether oxygens (including phenoxy) is 1. The normalized spacial score (nSPS) is 8.94. The lowest BCUT2D eigenvalue weighted by atomic mass is 10.2. The predicted octanol–water partition coefficient (Wildman–Crippen LogP) is 0.973. The third kappa shape index (κ3) is 5.32. The molecule has 92 valence electrons. The van der Waals surface area contributed by atoms with Crippen LogP contribution in [0.15, 0.2) is 30.3 Å². The molecular formula is C10H16Cl2N2O2. The van der Waals surface area contributed by atoms with E-state index in [1.807, 2.05) is 6.07 Å². The van der Waals surface area contributed by atoms with Crippen molar-refractivity contribution in [2.45, 2.75) is 6.10 Å². The Morgan fingerprint density at radius 3 is 2.06 bits per heavy atom. The predicted molar refractivity (Wildman–Crippen MR) is 68.3 cm³/mol. The summed E-state index contributed by atoms with van der Waals surface area (Å²) in [5.74, 6) is -0.383. The van der Waals surface area contributed by atoms with Gasteiger partial charge in [0.25, 0.3) is 0 Å². The van der Waals surface area contributed by atoms with Gasteiger partial charge in [0.1, 0.15) is 6.10 Å². The molecule has 0 saturated heterocycles. The zero-order chi connectivity index (χ0) is 10.4. The molecule has 0 aliphatic rings. The lowest BCUT2D eigenvalue weighted by Crippen LogP contribution is -2.33. The monoisotopic (exact) mass is 266 g/mol. The van der Waals surface area contributed by atoms with E-state index in [0.717, 1.165) is 0 Å². The van der Waals surface area contributed by atoms with Crippen LogP contribution in [-0.2, 0) is 4.74 Å². The number of esters is 1. The summed E-state index contributed by atoms with van der Waals surface area (Å²) < 4.78 is 5.05. The number of carbonyl (C=O) groups excluding carboxylic acids is 1. The number of halogens is 2. The molecule has 0 spiro atoms. The van der Waals surface area contributed by atoms with Gasteiger partial charge in [-0.3, -0.25) is 0 Å². The van der Waals surface area contributed by atoms with Crippen molar-refractivity contribution in [2.75, 3.05) is 13.1 Å². The first kappa shape index (κ1) is 17.6. The van der Waals surface area contributed by atoms with Crippen molar-refractivity contribution in [3.8, 4) is 0 Å². The van der Waals surface area contributed by atoms with Gasteiger partial charge in [-0.2, -0.15) is 0 Å². The molecule has 6 heteroatoms. The van der Waals surface area contributed by atoms with Gasteiger partial charge < -0.3 is 16.2 Å². The van der Waals surface area contributed by atoms with Gasteiger partial charge in [-0.1, -0.05) is 18.2 Å². The van der Waals surface area contributed by atoms with Crippen molar-refractivity contribution in [2.24, 2.45) is 11.5 Å². The van der Waals surface area contributed by atoms with Crippen molar-refractivity contribution in [1.29, 1.82) is 0 Å². The molecule has 0 unspecified atom stereocenters. The SMILES string of the molecule is Cl.Cl.NCC(CN)OC(=O)c1ccccc1. The Morgan fingerprint density at radius 1 is 1.12 bits per heavy atom. The molecule has 0 bridgehead atoms. The average molecular weight is 267 g/mol. The third-order valence-electron chi connectivity index (χ3n) is 1.81. The molecule has 0 radical (unpaired) electrons. The van der Waals surface area contributed by atoms with Crippen LogP contribution in [0.25, 0.3) is 0 Å². The van der Waals surface area contributed by atoms with E-state index >= 15 is 0 Å². The maximum Gasteiger partial charge on any atom is 0.338 e. The highest BCUT2D eigenvalue weighted by Crippen LogP contribution is 2.02. The fourth-order valence-electron chi connectivity index (χ4n) is 0.986. The standard InChI is InChI=1S/C10H14N2O2.2ClH/c11-6-9(7-12)14-10(13)8-4-2-1-3-5-8;;/h1-5,9H,6-7,11-12H2;2*1H. The summed E-state index contributed by atoms with van der Waals surface area (Å²) in [6.45, 7) is 0.490. The summed E-state index contributed by atoms with van der Waals surface area (Å²) in [5, 5.41) is 0. The molecular weight excluding hydrogens is 251 g/mol. The number of hydrogen-bond donors (Lipinski definition) is 2. The minimum atomic E-state index is -0.400. The van der Waals surface area contributed by atoms with Crippen LogP contribution >= 0.6 is 24.8 Å². The molecule has 0 saturated carbocycles. The summed E-state index contributed by atoms with van der Waals surface area (Å²) in [4.78, 5) is 11.4. The Balaban J connectivity index is 0. The van der Waals surface area contributed by atoms with Crippen LogP contribution < -0.4 is 11.5 Å². The Bertz CT molecular complexity index is 292. The van der Waals surface area contributed by atoms with Gasteiger partial charge in [-0.15, -0.1) is 24.8 Å². The van der Waals surface area contributed by atoms with E-state index in [1.54, 1.807) is 24.3 Å². The van der Waals surface area contributed by atoms with E-state index in [-0.39, 0.29) is 43.9 Å². The molecule has 0 fully saturated rings. The topological polar surface area (TPSA) is 78.3 Å². The number of rotatable bonds is 4. The van der Waals surface area contributed by atoms with Gasteiger partial charge in [-0.25, -0.2) is 4.79 Å². The van der Waals surface area contributed by atoms with Crippen molar-refractivity contribution < 1.29 is 9.53 Å². The molecule has 0 aromatic heterocycles. The molecule has 4 N–H and O–H groups in total. The lowest BCUT2D eigenvalue weighted by molar-refractivity contribution is 0.0338. The Kier molecular flexibility index (Phi) is 10.3. The van der Waals surface area contributed by atoms with Gasteiger partial charge in [0.15, 0.2) is 0 Å². The van der Waals surface area contributed by atoms with Crippen LogP contribution in [-0.4, -0.2) is 25.2 Å². The Labute approximate surface area is 107 Å². The van der Waals surface area contributed by atoms with Gasteiger partial charge >= 0.3 is 5.97 Å². The lowest BCUT2D eigenvalue weighted by Gasteiger charge is -2.13. The van der Waals surface area contributed by atoms with E-state index in [4.69, 9.17) is 16.2 Å². The summed E-state index contributed by atoms with van der Waals surface area (Å²) in [6, 6.07) is 8.76. The van der Waals surface area contributed by atoms with Crippen molar-refractivity contribution >= 4 is 30.8 Å². The minimum Gasteiger partial charge on any atom is -0.456 e. The number of nitrogens with two attached hydrogens (primary N) is 2. The van der Waals surface area contributed by atoms with Crippen LogP contribution in [0.1, 0.15) is 10.4 Å². The van der Waals surface area contributed by atoms with Gasteiger partial charge in [0, 0.05) is 13.1 Å². The zero-order valence-electron chi connectivity index (χ0n) is 8.67. The van der Waals surface area contributed by atoms with E-state index in [9.17, 15) is 4.79 Å². The molecule has 4 nitrogen and oxygen atoms in total. The van der Waals surface area contributed by atoms with Crippen LogP contribution in [0.3, 0.4) is 0 Å². The maximum absolute atomic E-state index is 11.4. The van der Waals surface area contributed by atoms with E-state index < -0.39 is 6.10 Å². The number of hydrogen-bond acceptors (Lipinski definition) is 4. The third-order valence-corrected chi connectivity index (χ3v) is 1.81. The summed E-state index contributed by atoms with van der Waals surface area (Å²) in [5.41, 5.74) is 11.2. The highest BCUT2D eigenvalue weighted by molar-refractivity contribution is 5.89. The second kappa shape index (κ2) is 9.42. The first-order valence-electron chi connectivity index (χ1n) is 4.44. The Morgan fingerprint density at radius 2 is 1.62 bits per heavy atom. The van der Waals surface area contributed by atoms with E-state index in [2.05, 4.69) is 0 Å². The molecule has 0 aliphatic carbocycles. The fraction of sp³-hybridized carbons (Fsp3) is 0.300. The van der Waals surface area contributed by atoms with Gasteiger partial charge in [0.05, 0.1) is 5.56 Å². The maximum atomic E-state index is 11.4. The summed E-state index contributed by atoms with van der Waals surface area (Å²) in [7, 11) is 0. The van der Waals surface area contributed by atoms with Gasteiger partial charge in [-0.05, 0) is 12.1 Å². The first-order chi connectivity index (χ1) is 6.77. The molecule has 0 atom stereocenters. The number of benzene rings is 1. The molecule has 16 heavy (non-hydrogen) atoms. The highest BCUT2D eigenvalue weighted by Gasteiger charge is 2.12. The second-order valence-corrected chi connectivity index (χ2v) is 2.86. The average Bonchev–Trinajstić information content (AvgIpc) is 2.26. The highest BCUT2D eigenvalue weighted by atomic mass is 35.5. The molecule has 1 rings (SSSR count). The van der Waals surface area contributed by atoms with E-state index in [1.165, 1.54) is 0 Å². The quantitative estimate of drug-likeness (QED) is 0.797. The molecule has 0 heterocycles. The van der Waals surface area contributed by atoms with Crippen LogP contribution in [0, 0.1) is 0 Å². The first-order valence-corrected chi connectivity index (χ1v) is 4.44. The molecule has 1 aromatic carbocycles. The van der Waals surface area contributed by atoms with E-state index in [0.29, 0.717) is 5.56 Å². The second-order valence-electron chi connectivity index (χ2n) is 2.86. The van der Waals surface area contributed by atoms with Crippen LogP contribution in [0.5, 0.6) is 0 Å². The largest absolute Gasteiger partial charge is 0.456 e. The van der Waals surface area contributed by atoms with Gasteiger partial charge in [0.2, 0.25) is 0 Å². The van der Waals surface area contributed by atoms with Crippen LogP contribution in [0.4, 0.5) is 0 Å². The molecule has 1 aromatic rings. The van der Waals surface area contributed by atoms with Crippen LogP contribution in [0.2, 0.25) is 0 Å². The summed E-state index contributed by atoms with van der Waals surface area (Å²) >= 11 is 0. The van der Waals surface area contributed by atoms with Crippen molar-refractivity contribution in [3.63, 3.8) is 0 Å². The smallest absolute Gasteiger partial charge is 0.338 e. The summed E-state index contributed by atoms with van der Waals surface area (Å²) in [6.07, 6.45) is -0.400. The molecule has 0 amide bonds. The minimum absolute atomic E-state index is 0. The Hall–Kier alpha value is -0.810.